The topological polar surface area (TPSA) is 78.5 Å². The highest BCUT2D eigenvalue weighted by atomic mass is 35.5. The van der Waals surface area contributed by atoms with Crippen LogP contribution >= 0.6 is 12.4 Å². The molecule has 6 nitrogen and oxygen atoms in total. The molecule has 1 aromatic carbocycles. The molecule has 1 atom stereocenters. The van der Waals surface area contributed by atoms with E-state index < -0.39 is 10.0 Å². The van der Waals surface area contributed by atoms with Gasteiger partial charge < -0.3 is 10.2 Å². The molecule has 0 radical (unpaired) electrons. The average Bonchev–Trinajstić information content (AvgIpc) is 3.02. The Bertz CT molecular complexity index is 673. The van der Waals surface area contributed by atoms with Gasteiger partial charge in [0.1, 0.15) is 0 Å². The molecule has 8 heteroatoms. The van der Waals surface area contributed by atoms with E-state index in [1.165, 1.54) is 0 Å². The molecule has 0 bridgehead atoms. The molecule has 0 aliphatic carbocycles. The molecule has 2 saturated heterocycles. The molecule has 140 valence electrons. The maximum atomic E-state index is 12.4. The SMILES string of the molecule is Cl.O=C1CCCN1c1ccc(S(=O)(=O)NCCC2CCCNC2)cc1. The van der Waals surface area contributed by atoms with Crippen LogP contribution in [-0.2, 0) is 14.8 Å². The van der Waals surface area contributed by atoms with Crippen molar-refractivity contribution in [1.29, 1.82) is 0 Å². The molecule has 1 unspecified atom stereocenters. The summed E-state index contributed by atoms with van der Waals surface area (Å²) in [6.45, 7) is 3.20. The summed E-state index contributed by atoms with van der Waals surface area (Å²) < 4.78 is 27.4. The van der Waals surface area contributed by atoms with Crippen LogP contribution in [0.15, 0.2) is 29.2 Å². The van der Waals surface area contributed by atoms with Crippen LogP contribution in [0.4, 0.5) is 5.69 Å². The summed E-state index contributed by atoms with van der Waals surface area (Å²) in [5, 5.41) is 3.34. The number of carbonyl (C=O) groups excluding carboxylic acids is 1. The van der Waals surface area contributed by atoms with Crippen LogP contribution in [0, 0.1) is 5.92 Å². The average molecular weight is 388 g/mol. The number of carbonyl (C=O) groups is 1. The maximum Gasteiger partial charge on any atom is 0.240 e. The molecule has 0 saturated carbocycles. The van der Waals surface area contributed by atoms with Gasteiger partial charge in [-0.15, -0.1) is 12.4 Å². The van der Waals surface area contributed by atoms with E-state index in [2.05, 4.69) is 10.0 Å². The number of hydrogen-bond donors (Lipinski definition) is 2. The molecule has 25 heavy (non-hydrogen) atoms. The zero-order valence-corrected chi connectivity index (χ0v) is 15.9. The van der Waals surface area contributed by atoms with E-state index in [1.54, 1.807) is 29.2 Å². The maximum absolute atomic E-state index is 12.4. The van der Waals surface area contributed by atoms with Gasteiger partial charge in [0.2, 0.25) is 15.9 Å². The van der Waals surface area contributed by atoms with Gasteiger partial charge in [-0.25, -0.2) is 13.1 Å². The Morgan fingerprint density at radius 2 is 1.96 bits per heavy atom. The minimum absolute atomic E-state index is 0. The lowest BCUT2D eigenvalue weighted by molar-refractivity contribution is -0.117. The zero-order chi connectivity index (χ0) is 17.0. The number of anilines is 1. The Morgan fingerprint density at radius 3 is 2.56 bits per heavy atom. The fourth-order valence-corrected chi connectivity index (χ4v) is 4.43. The highest BCUT2D eigenvalue weighted by molar-refractivity contribution is 7.89. The normalized spacial score (nSPS) is 21.2. The van der Waals surface area contributed by atoms with Crippen LogP contribution in [-0.4, -0.2) is 40.5 Å². The van der Waals surface area contributed by atoms with Crippen molar-refractivity contribution in [3.05, 3.63) is 24.3 Å². The summed E-state index contributed by atoms with van der Waals surface area (Å²) in [5.74, 6) is 0.648. The molecule has 3 rings (SSSR count). The Morgan fingerprint density at radius 1 is 1.20 bits per heavy atom. The monoisotopic (exact) mass is 387 g/mol. The minimum atomic E-state index is -3.49. The molecular formula is C17H26ClN3O3S. The molecule has 1 amide bonds. The van der Waals surface area contributed by atoms with Crippen LogP contribution in [0.1, 0.15) is 32.1 Å². The highest BCUT2D eigenvalue weighted by Crippen LogP contribution is 2.23. The van der Waals surface area contributed by atoms with Crippen LogP contribution in [0.3, 0.4) is 0 Å². The van der Waals surface area contributed by atoms with Crippen molar-refractivity contribution in [2.24, 2.45) is 5.92 Å². The van der Waals surface area contributed by atoms with Crippen molar-refractivity contribution in [3.63, 3.8) is 0 Å². The molecular weight excluding hydrogens is 362 g/mol. The van der Waals surface area contributed by atoms with Crippen molar-refractivity contribution in [1.82, 2.24) is 10.0 Å². The second kappa shape index (κ2) is 8.98. The quantitative estimate of drug-likeness (QED) is 0.781. The largest absolute Gasteiger partial charge is 0.316 e. The number of amides is 1. The lowest BCUT2D eigenvalue weighted by Crippen LogP contribution is -2.33. The fraction of sp³-hybridized carbons (Fsp3) is 0.588. The zero-order valence-electron chi connectivity index (χ0n) is 14.2. The predicted molar refractivity (Wildman–Crippen MR) is 101 cm³/mol. The van der Waals surface area contributed by atoms with Gasteiger partial charge in [-0.1, -0.05) is 0 Å². The number of nitrogens with one attached hydrogen (secondary N) is 2. The van der Waals surface area contributed by atoms with Gasteiger partial charge in [0, 0.05) is 25.2 Å². The van der Waals surface area contributed by atoms with Gasteiger partial charge in [-0.3, -0.25) is 4.79 Å². The molecule has 0 spiro atoms. The first-order valence-electron chi connectivity index (χ1n) is 8.67. The standard InChI is InChI=1S/C17H25N3O3S.ClH/c21-17-4-2-12-20(17)15-5-7-16(8-6-15)24(22,23)19-11-9-14-3-1-10-18-13-14;/h5-8,14,18-19H,1-4,9-13H2;1H. The van der Waals surface area contributed by atoms with Gasteiger partial charge in [0.25, 0.3) is 0 Å². The van der Waals surface area contributed by atoms with Gasteiger partial charge in [-0.05, 0) is 69.0 Å². The minimum Gasteiger partial charge on any atom is -0.316 e. The second-order valence-corrected chi connectivity index (χ2v) is 8.31. The lowest BCUT2D eigenvalue weighted by Gasteiger charge is -2.22. The van der Waals surface area contributed by atoms with E-state index in [0.29, 0.717) is 25.4 Å². The van der Waals surface area contributed by atoms with E-state index in [4.69, 9.17) is 0 Å². The van der Waals surface area contributed by atoms with Crippen LogP contribution < -0.4 is 14.9 Å². The summed E-state index contributed by atoms with van der Waals surface area (Å²) >= 11 is 0. The number of halogens is 1. The van der Waals surface area contributed by atoms with Gasteiger partial charge in [0.05, 0.1) is 4.90 Å². The van der Waals surface area contributed by atoms with Gasteiger partial charge in [0.15, 0.2) is 0 Å². The molecule has 2 aliphatic heterocycles. The number of hydrogen-bond acceptors (Lipinski definition) is 4. The molecule has 2 fully saturated rings. The molecule has 1 aromatic rings. The first kappa shape index (κ1) is 20.2. The van der Waals surface area contributed by atoms with E-state index >= 15 is 0 Å². The first-order chi connectivity index (χ1) is 11.6. The Kier molecular flexibility index (Phi) is 7.25. The number of piperidine rings is 1. The van der Waals surface area contributed by atoms with E-state index in [-0.39, 0.29) is 23.2 Å². The summed E-state index contributed by atoms with van der Waals surface area (Å²) in [6.07, 6.45) is 4.60. The van der Waals surface area contributed by atoms with Crippen LogP contribution in [0.5, 0.6) is 0 Å². The van der Waals surface area contributed by atoms with E-state index in [9.17, 15) is 13.2 Å². The van der Waals surface area contributed by atoms with Crippen molar-refractivity contribution < 1.29 is 13.2 Å². The van der Waals surface area contributed by atoms with Crippen molar-refractivity contribution in [2.45, 2.75) is 37.0 Å². The van der Waals surface area contributed by atoms with Crippen molar-refractivity contribution >= 4 is 34.0 Å². The third-order valence-corrected chi connectivity index (χ3v) is 6.25. The van der Waals surface area contributed by atoms with Crippen molar-refractivity contribution in [3.8, 4) is 0 Å². The summed E-state index contributed by atoms with van der Waals surface area (Å²) in [4.78, 5) is 13.7. The van der Waals surface area contributed by atoms with E-state index in [0.717, 1.165) is 44.5 Å². The first-order valence-corrected chi connectivity index (χ1v) is 10.2. The fourth-order valence-electron chi connectivity index (χ4n) is 3.38. The Hall–Kier alpha value is -1.15. The second-order valence-electron chi connectivity index (χ2n) is 6.54. The number of benzene rings is 1. The smallest absolute Gasteiger partial charge is 0.240 e. The Balaban J connectivity index is 0.00000225. The number of nitrogens with zero attached hydrogens (tertiary/aromatic N) is 1. The summed E-state index contributed by atoms with van der Waals surface area (Å²) in [5.41, 5.74) is 0.768. The third-order valence-electron chi connectivity index (χ3n) is 4.78. The highest BCUT2D eigenvalue weighted by Gasteiger charge is 2.22. The number of rotatable bonds is 6. The Labute approximate surface area is 155 Å². The third kappa shape index (κ3) is 5.17. The van der Waals surface area contributed by atoms with Crippen LogP contribution in [0.25, 0.3) is 0 Å². The lowest BCUT2D eigenvalue weighted by atomic mass is 9.96. The van der Waals surface area contributed by atoms with E-state index in [1.807, 2.05) is 0 Å². The van der Waals surface area contributed by atoms with Crippen LogP contribution in [0.2, 0.25) is 0 Å². The van der Waals surface area contributed by atoms with Crippen molar-refractivity contribution in [2.75, 3.05) is 31.1 Å². The molecule has 0 aromatic heterocycles. The molecule has 2 N–H and O–H groups in total. The predicted octanol–water partition coefficient (Wildman–Crippen LogP) is 1.90. The number of sulfonamides is 1. The van der Waals surface area contributed by atoms with Gasteiger partial charge in [-0.2, -0.15) is 0 Å². The summed E-state index contributed by atoms with van der Waals surface area (Å²) in [7, 11) is -3.49. The van der Waals surface area contributed by atoms with Gasteiger partial charge >= 0.3 is 0 Å². The molecule has 2 aliphatic rings. The summed E-state index contributed by atoms with van der Waals surface area (Å²) in [6, 6.07) is 6.57. The molecule has 2 heterocycles.